The molecule has 0 atom stereocenters. The highest BCUT2D eigenvalue weighted by atomic mass is 35.5. The zero-order chi connectivity index (χ0) is 11.5. The minimum Gasteiger partial charge on any atom is -0.395 e. The third-order valence-electron chi connectivity index (χ3n) is 2.72. The van der Waals surface area contributed by atoms with Crippen LogP contribution < -0.4 is 0 Å². The zero-order valence-corrected chi connectivity index (χ0v) is 11.2. The quantitative estimate of drug-likeness (QED) is 0.780. The van der Waals surface area contributed by atoms with Gasteiger partial charge in [0.05, 0.1) is 6.61 Å². The van der Waals surface area contributed by atoms with Crippen molar-refractivity contribution in [2.75, 3.05) is 39.3 Å². The molecule has 1 aliphatic rings. The maximum absolute atomic E-state index is 11.9. The zero-order valence-electron chi connectivity index (χ0n) is 10.4. The van der Waals surface area contributed by atoms with Crippen LogP contribution in [0.15, 0.2) is 0 Å². The number of aliphatic hydroxyl groups excluding tert-OH is 1. The van der Waals surface area contributed by atoms with E-state index in [1.807, 2.05) is 25.7 Å². The molecule has 1 N–H and O–H groups in total. The van der Waals surface area contributed by atoms with Crippen molar-refractivity contribution in [3.63, 3.8) is 0 Å². The van der Waals surface area contributed by atoms with E-state index in [9.17, 15) is 4.79 Å². The number of carbonyl (C=O) groups excluding carboxylic acids is 1. The molecule has 1 fully saturated rings. The maximum atomic E-state index is 11.9. The van der Waals surface area contributed by atoms with Gasteiger partial charge in [0.15, 0.2) is 0 Å². The van der Waals surface area contributed by atoms with Gasteiger partial charge in [0, 0.05) is 38.1 Å². The standard InChI is InChI=1S/C11H22N2O2.ClH/c1-11(2,3)10(15)13-6-4-12(5-7-13)8-9-14;/h14H,4-9H2,1-3H3;1H. The molecule has 1 rings (SSSR count). The first-order valence-corrected chi connectivity index (χ1v) is 5.58. The van der Waals surface area contributed by atoms with Gasteiger partial charge < -0.3 is 10.0 Å². The molecule has 1 aliphatic heterocycles. The van der Waals surface area contributed by atoms with Gasteiger partial charge >= 0.3 is 0 Å². The molecule has 0 aliphatic carbocycles. The maximum Gasteiger partial charge on any atom is 0.228 e. The average molecular weight is 251 g/mol. The van der Waals surface area contributed by atoms with Crippen molar-refractivity contribution in [1.82, 2.24) is 9.80 Å². The molecule has 0 aromatic heterocycles. The van der Waals surface area contributed by atoms with Gasteiger partial charge in [-0.2, -0.15) is 0 Å². The fraction of sp³-hybridized carbons (Fsp3) is 0.909. The Morgan fingerprint density at radius 3 is 2.06 bits per heavy atom. The molecule has 16 heavy (non-hydrogen) atoms. The molecule has 0 bridgehead atoms. The van der Waals surface area contributed by atoms with Crippen LogP contribution in [0.3, 0.4) is 0 Å². The molecule has 4 nitrogen and oxygen atoms in total. The highest BCUT2D eigenvalue weighted by Gasteiger charge is 2.29. The Morgan fingerprint density at radius 2 is 1.69 bits per heavy atom. The first-order valence-electron chi connectivity index (χ1n) is 5.58. The minimum atomic E-state index is -0.279. The summed E-state index contributed by atoms with van der Waals surface area (Å²) in [5.41, 5.74) is -0.279. The molecular weight excluding hydrogens is 228 g/mol. The Labute approximate surface area is 104 Å². The van der Waals surface area contributed by atoms with Crippen LogP contribution in [-0.2, 0) is 4.79 Å². The number of hydrogen-bond acceptors (Lipinski definition) is 3. The highest BCUT2D eigenvalue weighted by Crippen LogP contribution is 2.18. The summed E-state index contributed by atoms with van der Waals surface area (Å²) in [6, 6.07) is 0. The molecule has 1 heterocycles. The molecule has 0 aromatic carbocycles. The van der Waals surface area contributed by atoms with Gasteiger partial charge in [0.1, 0.15) is 0 Å². The Morgan fingerprint density at radius 1 is 1.19 bits per heavy atom. The van der Waals surface area contributed by atoms with Crippen LogP contribution in [0.2, 0.25) is 0 Å². The largest absolute Gasteiger partial charge is 0.395 e. The summed E-state index contributed by atoms with van der Waals surface area (Å²) in [6.45, 7) is 10.1. The van der Waals surface area contributed by atoms with Crippen molar-refractivity contribution in [2.45, 2.75) is 20.8 Å². The number of hydrogen-bond donors (Lipinski definition) is 1. The second kappa shape index (κ2) is 6.42. The first kappa shape index (κ1) is 15.7. The normalized spacial score (nSPS) is 18.1. The minimum absolute atomic E-state index is 0. The molecule has 5 heteroatoms. The Kier molecular flexibility index (Phi) is 6.30. The highest BCUT2D eigenvalue weighted by molar-refractivity contribution is 5.85. The third-order valence-corrected chi connectivity index (χ3v) is 2.72. The van der Waals surface area contributed by atoms with Crippen molar-refractivity contribution >= 4 is 18.3 Å². The molecular formula is C11H23ClN2O2. The van der Waals surface area contributed by atoms with Gasteiger partial charge in [0.25, 0.3) is 0 Å². The van der Waals surface area contributed by atoms with Crippen molar-refractivity contribution in [3.8, 4) is 0 Å². The summed E-state index contributed by atoms with van der Waals surface area (Å²) in [5.74, 6) is 0.228. The summed E-state index contributed by atoms with van der Waals surface area (Å²) in [4.78, 5) is 16.1. The van der Waals surface area contributed by atoms with Gasteiger partial charge in [-0.15, -0.1) is 12.4 Å². The fourth-order valence-electron chi connectivity index (χ4n) is 1.79. The van der Waals surface area contributed by atoms with Crippen molar-refractivity contribution in [1.29, 1.82) is 0 Å². The topological polar surface area (TPSA) is 43.8 Å². The molecule has 0 radical (unpaired) electrons. The summed E-state index contributed by atoms with van der Waals surface area (Å²) in [5, 5.41) is 8.80. The number of aliphatic hydroxyl groups is 1. The summed E-state index contributed by atoms with van der Waals surface area (Å²) in [6.07, 6.45) is 0. The van der Waals surface area contributed by atoms with Gasteiger partial charge in [-0.1, -0.05) is 20.8 Å². The lowest BCUT2D eigenvalue weighted by Crippen LogP contribution is -2.52. The predicted octanol–water partition coefficient (Wildman–Crippen LogP) is 0.591. The summed E-state index contributed by atoms with van der Waals surface area (Å²) >= 11 is 0. The lowest BCUT2D eigenvalue weighted by atomic mass is 9.94. The van der Waals surface area contributed by atoms with E-state index >= 15 is 0 Å². The van der Waals surface area contributed by atoms with E-state index in [4.69, 9.17) is 5.11 Å². The van der Waals surface area contributed by atoms with Crippen LogP contribution in [0.1, 0.15) is 20.8 Å². The van der Waals surface area contributed by atoms with Crippen molar-refractivity contribution in [2.24, 2.45) is 5.41 Å². The molecule has 1 amide bonds. The number of amides is 1. The monoisotopic (exact) mass is 250 g/mol. The fourth-order valence-corrected chi connectivity index (χ4v) is 1.79. The van der Waals surface area contributed by atoms with Gasteiger partial charge in [-0.25, -0.2) is 0 Å². The van der Waals surface area contributed by atoms with Crippen molar-refractivity contribution in [3.05, 3.63) is 0 Å². The number of β-amino-alcohol motifs (C(OH)–C–C–N with tert-alkyl or cyclic N) is 1. The number of rotatable bonds is 2. The number of piperazine rings is 1. The van der Waals surface area contributed by atoms with Crippen LogP contribution in [0.25, 0.3) is 0 Å². The van der Waals surface area contributed by atoms with E-state index in [0.29, 0.717) is 0 Å². The van der Waals surface area contributed by atoms with Crippen LogP contribution in [0, 0.1) is 5.41 Å². The van der Waals surface area contributed by atoms with E-state index in [1.54, 1.807) is 0 Å². The van der Waals surface area contributed by atoms with Gasteiger partial charge in [-0.05, 0) is 0 Å². The van der Waals surface area contributed by atoms with Crippen molar-refractivity contribution < 1.29 is 9.90 Å². The van der Waals surface area contributed by atoms with E-state index < -0.39 is 0 Å². The van der Waals surface area contributed by atoms with Crippen LogP contribution in [0.5, 0.6) is 0 Å². The predicted molar refractivity (Wildman–Crippen MR) is 66.8 cm³/mol. The van der Waals surface area contributed by atoms with Crippen LogP contribution in [0.4, 0.5) is 0 Å². The second-order valence-electron chi connectivity index (χ2n) is 5.11. The molecule has 96 valence electrons. The Bertz CT molecular complexity index is 221. The molecule has 1 saturated heterocycles. The van der Waals surface area contributed by atoms with E-state index in [2.05, 4.69) is 4.90 Å². The molecule has 0 aromatic rings. The average Bonchev–Trinajstić information content (AvgIpc) is 2.17. The summed E-state index contributed by atoms with van der Waals surface area (Å²) in [7, 11) is 0. The Balaban J connectivity index is 0.00000225. The number of nitrogens with zero attached hydrogens (tertiary/aromatic N) is 2. The number of halogens is 1. The SMILES string of the molecule is CC(C)(C)C(=O)N1CCN(CCO)CC1.Cl. The first-order chi connectivity index (χ1) is 6.95. The second-order valence-corrected chi connectivity index (χ2v) is 5.11. The number of carbonyl (C=O) groups is 1. The lowest BCUT2D eigenvalue weighted by molar-refractivity contribution is -0.141. The van der Waals surface area contributed by atoms with E-state index in [1.165, 1.54) is 0 Å². The van der Waals surface area contributed by atoms with Gasteiger partial charge in [-0.3, -0.25) is 9.69 Å². The third kappa shape index (κ3) is 4.28. The molecule has 0 unspecified atom stereocenters. The summed E-state index contributed by atoms with van der Waals surface area (Å²) < 4.78 is 0. The molecule has 0 saturated carbocycles. The van der Waals surface area contributed by atoms with Crippen LogP contribution in [-0.4, -0.2) is 60.1 Å². The lowest BCUT2D eigenvalue weighted by Gasteiger charge is -2.37. The van der Waals surface area contributed by atoms with E-state index in [0.717, 1.165) is 32.7 Å². The van der Waals surface area contributed by atoms with Gasteiger partial charge in [0.2, 0.25) is 5.91 Å². The van der Waals surface area contributed by atoms with Crippen LogP contribution >= 0.6 is 12.4 Å². The Hall–Kier alpha value is -0.320. The molecule has 0 spiro atoms. The van der Waals surface area contributed by atoms with E-state index in [-0.39, 0.29) is 30.3 Å². The smallest absolute Gasteiger partial charge is 0.228 e.